The first-order valence-electron chi connectivity index (χ1n) is 6.77. The molecular weight excluding hydrogens is 304 g/mol. The summed E-state index contributed by atoms with van der Waals surface area (Å²) >= 11 is 6.05. The van der Waals surface area contributed by atoms with Gasteiger partial charge in [0.15, 0.2) is 0 Å². The van der Waals surface area contributed by atoms with E-state index < -0.39 is 4.92 Å². The maximum Gasteiger partial charge on any atom is 0.270 e. The van der Waals surface area contributed by atoms with E-state index in [9.17, 15) is 14.9 Å². The Morgan fingerprint density at radius 1 is 1.27 bits per heavy atom. The molecule has 0 aromatic heterocycles. The van der Waals surface area contributed by atoms with Crippen LogP contribution in [0.15, 0.2) is 42.5 Å². The van der Waals surface area contributed by atoms with Crippen molar-refractivity contribution in [1.82, 2.24) is 0 Å². The Hall–Kier alpha value is -2.40. The van der Waals surface area contributed by atoms with Crippen LogP contribution in [-0.4, -0.2) is 17.4 Å². The molecule has 0 heterocycles. The molecule has 0 aliphatic rings. The van der Waals surface area contributed by atoms with Crippen LogP contribution >= 0.6 is 11.6 Å². The first kappa shape index (κ1) is 16.0. The molecule has 0 aliphatic carbocycles. The standard InChI is InChI=1S/C16H15ClN2O3/c1-3-18(15-7-5-4-6-11(15)2)16(20)13-10-12(19(21)22)8-9-14(13)17/h4-10H,3H2,1-2H3. The second-order valence-corrected chi connectivity index (χ2v) is 5.16. The second kappa shape index (κ2) is 6.58. The number of halogens is 1. The zero-order valence-corrected chi connectivity index (χ0v) is 13.0. The number of rotatable bonds is 4. The van der Waals surface area contributed by atoms with Crippen LogP contribution in [0.4, 0.5) is 11.4 Å². The third-order valence-corrected chi connectivity index (χ3v) is 3.69. The van der Waals surface area contributed by atoms with Crippen molar-refractivity contribution in [2.45, 2.75) is 13.8 Å². The van der Waals surface area contributed by atoms with Gasteiger partial charge in [-0.2, -0.15) is 0 Å². The third kappa shape index (κ3) is 3.09. The largest absolute Gasteiger partial charge is 0.308 e. The predicted molar refractivity (Wildman–Crippen MR) is 86.6 cm³/mol. The molecule has 114 valence electrons. The molecule has 0 aliphatic heterocycles. The molecule has 0 bridgehead atoms. The zero-order valence-electron chi connectivity index (χ0n) is 12.2. The minimum absolute atomic E-state index is 0.126. The van der Waals surface area contributed by atoms with E-state index in [1.165, 1.54) is 18.2 Å². The van der Waals surface area contributed by atoms with Gasteiger partial charge in [0.1, 0.15) is 0 Å². The summed E-state index contributed by atoms with van der Waals surface area (Å²) in [6.07, 6.45) is 0. The van der Waals surface area contributed by atoms with Crippen molar-refractivity contribution >= 4 is 28.9 Å². The summed E-state index contributed by atoms with van der Waals surface area (Å²) in [7, 11) is 0. The number of nitrogens with zero attached hydrogens (tertiary/aromatic N) is 2. The van der Waals surface area contributed by atoms with Crippen molar-refractivity contribution in [1.29, 1.82) is 0 Å². The van der Waals surface area contributed by atoms with E-state index >= 15 is 0 Å². The number of hydrogen-bond donors (Lipinski definition) is 0. The molecule has 0 fully saturated rings. The van der Waals surface area contributed by atoms with Gasteiger partial charge in [-0.25, -0.2) is 0 Å². The normalized spacial score (nSPS) is 10.3. The lowest BCUT2D eigenvalue weighted by Gasteiger charge is -2.23. The van der Waals surface area contributed by atoms with Crippen molar-refractivity contribution in [3.63, 3.8) is 0 Å². The lowest BCUT2D eigenvalue weighted by Crippen LogP contribution is -2.31. The summed E-state index contributed by atoms with van der Waals surface area (Å²) in [5, 5.41) is 11.1. The average Bonchev–Trinajstić information content (AvgIpc) is 2.50. The molecule has 0 radical (unpaired) electrons. The summed E-state index contributed by atoms with van der Waals surface area (Å²) < 4.78 is 0. The number of amides is 1. The lowest BCUT2D eigenvalue weighted by molar-refractivity contribution is -0.384. The van der Waals surface area contributed by atoms with Gasteiger partial charge in [0, 0.05) is 24.4 Å². The summed E-state index contributed by atoms with van der Waals surface area (Å²) in [6.45, 7) is 4.18. The Morgan fingerprint density at radius 2 is 1.95 bits per heavy atom. The maximum atomic E-state index is 12.7. The van der Waals surface area contributed by atoms with Crippen LogP contribution in [0.5, 0.6) is 0 Å². The molecule has 0 atom stereocenters. The molecule has 0 unspecified atom stereocenters. The van der Waals surface area contributed by atoms with Crippen molar-refractivity contribution in [3.05, 3.63) is 68.7 Å². The van der Waals surface area contributed by atoms with E-state index in [1.54, 1.807) is 4.90 Å². The highest BCUT2D eigenvalue weighted by atomic mass is 35.5. The number of anilines is 1. The van der Waals surface area contributed by atoms with E-state index in [-0.39, 0.29) is 22.2 Å². The SMILES string of the molecule is CCN(C(=O)c1cc([N+](=O)[O-])ccc1Cl)c1ccccc1C. The molecular formula is C16H15ClN2O3. The van der Waals surface area contributed by atoms with E-state index in [0.717, 1.165) is 11.3 Å². The van der Waals surface area contributed by atoms with E-state index in [0.29, 0.717) is 6.54 Å². The predicted octanol–water partition coefficient (Wildman–Crippen LogP) is 4.22. The lowest BCUT2D eigenvalue weighted by atomic mass is 10.1. The number of non-ortho nitro benzene ring substituents is 1. The number of hydrogen-bond acceptors (Lipinski definition) is 3. The highest BCUT2D eigenvalue weighted by molar-refractivity contribution is 6.34. The van der Waals surface area contributed by atoms with Gasteiger partial charge in [0.25, 0.3) is 11.6 Å². The number of benzene rings is 2. The number of nitro benzene ring substituents is 1. The topological polar surface area (TPSA) is 63.5 Å². The van der Waals surface area contributed by atoms with Crippen LogP contribution in [0.1, 0.15) is 22.8 Å². The van der Waals surface area contributed by atoms with Crippen molar-refractivity contribution in [2.75, 3.05) is 11.4 Å². The van der Waals surface area contributed by atoms with E-state index in [2.05, 4.69) is 0 Å². The quantitative estimate of drug-likeness (QED) is 0.626. The van der Waals surface area contributed by atoms with Gasteiger partial charge in [-0.15, -0.1) is 0 Å². The summed E-state index contributed by atoms with van der Waals surface area (Å²) in [4.78, 5) is 24.6. The fraction of sp³-hybridized carbons (Fsp3) is 0.188. The van der Waals surface area contributed by atoms with Gasteiger partial charge in [-0.05, 0) is 31.5 Å². The molecule has 5 nitrogen and oxygen atoms in total. The molecule has 0 saturated heterocycles. The molecule has 0 spiro atoms. The Labute approximate surface area is 133 Å². The van der Waals surface area contributed by atoms with Gasteiger partial charge in [0.2, 0.25) is 0 Å². The van der Waals surface area contributed by atoms with Crippen LogP contribution in [-0.2, 0) is 0 Å². The highest BCUT2D eigenvalue weighted by Gasteiger charge is 2.22. The first-order chi connectivity index (χ1) is 10.5. The number of aryl methyl sites for hydroxylation is 1. The minimum Gasteiger partial charge on any atom is -0.308 e. The van der Waals surface area contributed by atoms with Crippen LogP contribution < -0.4 is 4.90 Å². The molecule has 0 saturated carbocycles. The first-order valence-corrected chi connectivity index (χ1v) is 7.15. The molecule has 2 rings (SSSR count). The molecule has 2 aromatic carbocycles. The van der Waals surface area contributed by atoms with Crippen molar-refractivity contribution in [3.8, 4) is 0 Å². The van der Waals surface area contributed by atoms with Gasteiger partial charge in [-0.1, -0.05) is 29.8 Å². The Balaban J connectivity index is 2.47. The van der Waals surface area contributed by atoms with Gasteiger partial charge < -0.3 is 4.90 Å². The molecule has 2 aromatic rings. The van der Waals surface area contributed by atoms with Crippen LogP contribution in [0.25, 0.3) is 0 Å². The smallest absolute Gasteiger partial charge is 0.270 e. The maximum absolute atomic E-state index is 12.7. The van der Waals surface area contributed by atoms with E-state index in [4.69, 9.17) is 11.6 Å². The number of nitro groups is 1. The molecule has 0 N–H and O–H groups in total. The summed E-state index contributed by atoms with van der Waals surface area (Å²) in [5.74, 6) is -0.356. The average molecular weight is 319 g/mol. The van der Waals surface area contributed by atoms with Crippen LogP contribution in [0.2, 0.25) is 5.02 Å². The monoisotopic (exact) mass is 318 g/mol. The van der Waals surface area contributed by atoms with Crippen molar-refractivity contribution in [2.24, 2.45) is 0 Å². The number of carbonyl (C=O) groups is 1. The van der Waals surface area contributed by atoms with Crippen LogP contribution in [0.3, 0.4) is 0 Å². The number of para-hydroxylation sites is 1. The zero-order chi connectivity index (χ0) is 16.3. The summed E-state index contributed by atoms with van der Waals surface area (Å²) in [5.41, 5.74) is 1.67. The fourth-order valence-electron chi connectivity index (χ4n) is 2.23. The number of carbonyl (C=O) groups excluding carboxylic acids is 1. The van der Waals surface area contributed by atoms with Crippen molar-refractivity contribution < 1.29 is 9.72 Å². The minimum atomic E-state index is -0.544. The molecule has 22 heavy (non-hydrogen) atoms. The fourth-order valence-corrected chi connectivity index (χ4v) is 2.42. The van der Waals surface area contributed by atoms with Gasteiger partial charge >= 0.3 is 0 Å². The molecule has 6 heteroatoms. The van der Waals surface area contributed by atoms with Gasteiger partial charge in [0.05, 0.1) is 15.5 Å². The molecule has 1 amide bonds. The third-order valence-electron chi connectivity index (χ3n) is 3.36. The second-order valence-electron chi connectivity index (χ2n) is 4.76. The Morgan fingerprint density at radius 3 is 2.55 bits per heavy atom. The Bertz CT molecular complexity index is 731. The van der Waals surface area contributed by atoms with Crippen LogP contribution in [0, 0.1) is 17.0 Å². The van der Waals surface area contributed by atoms with Gasteiger partial charge in [-0.3, -0.25) is 14.9 Å². The highest BCUT2D eigenvalue weighted by Crippen LogP contribution is 2.27. The summed E-state index contributed by atoms with van der Waals surface area (Å²) in [6, 6.07) is 11.3. The Kier molecular flexibility index (Phi) is 4.78. The van der Waals surface area contributed by atoms with E-state index in [1.807, 2.05) is 38.1 Å².